The highest BCUT2D eigenvalue weighted by atomic mass is 16.1. The monoisotopic (exact) mass is 454 g/mol. The van der Waals surface area contributed by atoms with Gasteiger partial charge in [0.1, 0.15) is 5.82 Å². The van der Waals surface area contributed by atoms with Crippen LogP contribution < -0.4 is 15.8 Å². The van der Waals surface area contributed by atoms with Crippen LogP contribution in [0, 0.1) is 13.8 Å². The van der Waals surface area contributed by atoms with Gasteiger partial charge >= 0.3 is 0 Å². The minimum absolute atomic E-state index is 0.130. The molecule has 0 amide bonds. The summed E-state index contributed by atoms with van der Waals surface area (Å²) in [5.74, 6) is 1.43. The molecule has 34 heavy (non-hydrogen) atoms. The summed E-state index contributed by atoms with van der Waals surface area (Å²) in [5, 5.41) is 3.24. The van der Waals surface area contributed by atoms with Crippen molar-refractivity contribution in [1.29, 1.82) is 0 Å². The van der Waals surface area contributed by atoms with E-state index in [1.54, 1.807) is 6.20 Å². The molecular formula is C27H30N6O. The fourth-order valence-electron chi connectivity index (χ4n) is 3.75. The van der Waals surface area contributed by atoms with Crippen LogP contribution in [0.2, 0.25) is 0 Å². The molecule has 1 aromatic carbocycles. The van der Waals surface area contributed by atoms with Gasteiger partial charge in [-0.05, 0) is 49.1 Å². The Hall–Kier alpha value is -4.00. The maximum absolute atomic E-state index is 12.6. The molecule has 174 valence electrons. The minimum atomic E-state index is -0.130. The fourth-order valence-corrected chi connectivity index (χ4v) is 3.75. The second-order valence-corrected chi connectivity index (χ2v) is 8.38. The van der Waals surface area contributed by atoms with Crippen molar-refractivity contribution < 1.29 is 0 Å². The summed E-state index contributed by atoms with van der Waals surface area (Å²) in [6.45, 7) is 6.29. The van der Waals surface area contributed by atoms with Crippen molar-refractivity contribution in [3.8, 4) is 0 Å². The smallest absolute Gasteiger partial charge is 0.255 e. The van der Waals surface area contributed by atoms with Crippen molar-refractivity contribution in [1.82, 2.24) is 19.9 Å². The van der Waals surface area contributed by atoms with Crippen LogP contribution in [0.3, 0.4) is 0 Å². The quantitative estimate of drug-likeness (QED) is 0.348. The van der Waals surface area contributed by atoms with Gasteiger partial charge < -0.3 is 10.2 Å². The summed E-state index contributed by atoms with van der Waals surface area (Å²) in [6.07, 6.45) is 6.65. The predicted molar refractivity (Wildman–Crippen MR) is 136 cm³/mol. The fraction of sp³-hybridized carbons (Fsp3) is 0.259. The highest BCUT2D eigenvalue weighted by Crippen LogP contribution is 2.15. The first-order chi connectivity index (χ1) is 16.6. The molecule has 0 fully saturated rings. The number of benzene rings is 1. The molecule has 7 nitrogen and oxygen atoms in total. The van der Waals surface area contributed by atoms with E-state index in [0.29, 0.717) is 24.5 Å². The zero-order valence-electron chi connectivity index (χ0n) is 19.7. The van der Waals surface area contributed by atoms with E-state index in [0.717, 1.165) is 42.1 Å². The van der Waals surface area contributed by atoms with Gasteiger partial charge in [-0.25, -0.2) is 9.97 Å². The van der Waals surface area contributed by atoms with Crippen molar-refractivity contribution >= 4 is 11.8 Å². The number of aromatic amines is 1. The molecule has 0 bridgehead atoms. The third-order valence-corrected chi connectivity index (χ3v) is 5.75. The van der Waals surface area contributed by atoms with Gasteiger partial charge in [0.05, 0.1) is 0 Å². The molecule has 4 rings (SSSR count). The Morgan fingerprint density at radius 2 is 1.76 bits per heavy atom. The Balaban J connectivity index is 1.33. The summed E-state index contributed by atoms with van der Waals surface area (Å²) in [7, 11) is 0. The lowest BCUT2D eigenvalue weighted by Crippen LogP contribution is -2.26. The number of hydrogen-bond donors (Lipinski definition) is 2. The Kier molecular flexibility index (Phi) is 7.65. The van der Waals surface area contributed by atoms with Crippen LogP contribution in [0.4, 0.5) is 11.8 Å². The van der Waals surface area contributed by atoms with Gasteiger partial charge in [-0.15, -0.1) is 0 Å². The number of aryl methyl sites for hydroxylation is 2. The molecular weight excluding hydrogens is 424 g/mol. The van der Waals surface area contributed by atoms with E-state index >= 15 is 0 Å². The second-order valence-electron chi connectivity index (χ2n) is 8.38. The number of H-pyrrole nitrogens is 1. The van der Waals surface area contributed by atoms with Crippen LogP contribution in [-0.2, 0) is 13.0 Å². The molecule has 3 heterocycles. The Bertz CT molecular complexity index is 1260. The predicted octanol–water partition coefficient (Wildman–Crippen LogP) is 4.28. The van der Waals surface area contributed by atoms with Crippen LogP contribution in [-0.4, -0.2) is 33.0 Å². The first-order valence-electron chi connectivity index (χ1n) is 11.5. The minimum Gasteiger partial charge on any atom is -0.356 e. The van der Waals surface area contributed by atoms with Crippen LogP contribution >= 0.6 is 0 Å². The average Bonchev–Trinajstić information content (AvgIpc) is 2.86. The van der Waals surface area contributed by atoms with Crippen LogP contribution in [0.5, 0.6) is 0 Å². The molecule has 0 radical (unpaired) electrons. The molecule has 4 aromatic rings. The number of pyridine rings is 2. The lowest BCUT2D eigenvalue weighted by Gasteiger charge is -2.24. The largest absolute Gasteiger partial charge is 0.356 e. The van der Waals surface area contributed by atoms with Gasteiger partial charge in [-0.3, -0.25) is 14.8 Å². The molecule has 0 saturated heterocycles. The van der Waals surface area contributed by atoms with Crippen molar-refractivity contribution in [2.75, 3.05) is 23.3 Å². The molecule has 3 aromatic heterocycles. The number of hydrogen-bond acceptors (Lipinski definition) is 6. The molecule has 0 aliphatic heterocycles. The first kappa shape index (κ1) is 23.2. The number of anilines is 2. The van der Waals surface area contributed by atoms with Gasteiger partial charge in [0, 0.05) is 55.9 Å². The van der Waals surface area contributed by atoms with Crippen LogP contribution in [0.15, 0.2) is 78.0 Å². The summed E-state index contributed by atoms with van der Waals surface area (Å²) in [4.78, 5) is 31.0. The molecule has 0 aliphatic carbocycles. The molecule has 0 spiro atoms. The van der Waals surface area contributed by atoms with Gasteiger partial charge in [0.25, 0.3) is 5.56 Å². The highest BCUT2D eigenvalue weighted by Gasteiger charge is 2.09. The Morgan fingerprint density at radius 3 is 2.50 bits per heavy atom. The average molecular weight is 455 g/mol. The third-order valence-electron chi connectivity index (χ3n) is 5.75. The molecule has 7 heteroatoms. The van der Waals surface area contributed by atoms with Crippen molar-refractivity contribution in [3.05, 3.63) is 111 Å². The SMILES string of the molecule is Cc1cc(Cc2cnc(NCCCN(Cc3ccccc3)c3ccccn3)[nH]c2=O)cnc1C. The summed E-state index contributed by atoms with van der Waals surface area (Å²) >= 11 is 0. The number of nitrogens with zero attached hydrogens (tertiary/aromatic N) is 4. The number of nitrogens with one attached hydrogen (secondary N) is 2. The molecule has 0 atom stereocenters. The van der Waals surface area contributed by atoms with E-state index in [4.69, 9.17) is 0 Å². The zero-order valence-corrected chi connectivity index (χ0v) is 19.7. The van der Waals surface area contributed by atoms with Crippen molar-refractivity contribution in [2.24, 2.45) is 0 Å². The van der Waals surface area contributed by atoms with E-state index < -0.39 is 0 Å². The molecule has 2 N–H and O–H groups in total. The Morgan fingerprint density at radius 1 is 0.941 bits per heavy atom. The Labute approximate surface area is 200 Å². The topological polar surface area (TPSA) is 86.8 Å². The van der Waals surface area contributed by atoms with Crippen LogP contribution in [0.1, 0.15) is 34.4 Å². The highest BCUT2D eigenvalue weighted by molar-refractivity contribution is 5.39. The van der Waals surface area contributed by atoms with E-state index in [-0.39, 0.29) is 5.56 Å². The van der Waals surface area contributed by atoms with Gasteiger partial charge in [0.2, 0.25) is 5.95 Å². The van der Waals surface area contributed by atoms with Crippen molar-refractivity contribution in [3.63, 3.8) is 0 Å². The van der Waals surface area contributed by atoms with E-state index in [1.807, 2.05) is 50.5 Å². The third kappa shape index (κ3) is 6.28. The number of aromatic nitrogens is 4. The first-order valence-corrected chi connectivity index (χ1v) is 11.5. The van der Waals surface area contributed by atoms with Gasteiger partial charge in [0.15, 0.2) is 0 Å². The second kappa shape index (κ2) is 11.2. The normalized spacial score (nSPS) is 10.8. The molecule has 0 saturated carbocycles. The maximum Gasteiger partial charge on any atom is 0.255 e. The van der Waals surface area contributed by atoms with Gasteiger partial charge in [-0.2, -0.15) is 0 Å². The van der Waals surface area contributed by atoms with E-state index in [1.165, 1.54) is 5.56 Å². The maximum atomic E-state index is 12.6. The van der Waals surface area contributed by atoms with Gasteiger partial charge in [-0.1, -0.05) is 42.5 Å². The molecule has 0 unspecified atom stereocenters. The number of rotatable bonds is 10. The molecule has 0 aliphatic rings. The lowest BCUT2D eigenvalue weighted by molar-refractivity contribution is 0.735. The standard InChI is InChI=1S/C27H30N6O/c1-20-15-23(17-30-21(20)2)16-24-18-31-27(32-26(24)34)29-13-8-14-33(25-11-6-7-12-28-25)19-22-9-4-3-5-10-22/h3-7,9-12,15,17-18H,8,13-14,16,19H2,1-2H3,(H2,29,31,32,34). The lowest BCUT2D eigenvalue weighted by atomic mass is 10.1. The van der Waals surface area contributed by atoms with Crippen molar-refractivity contribution in [2.45, 2.75) is 33.2 Å². The summed E-state index contributed by atoms with van der Waals surface area (Å²) < 4.78 is 0. The summed E-state index contributed by atoms with van der Waals surface area (Å²) in [6, 6.07) is 18.4. The zero-order chi connectivity index (χ0) is 23.8. The van der Waals surface area contributed by atoms with Crippen LogP contribution in [0.25, 0.3) is 0 Å². The van der Waals surface area contributed by atoms with E-state index in [2.05, 4.69) is 60.5 Å². The van der Waals surface area contributed by atoms with E-state index in [9.17, 15) is 4.79 Å². The summed E-state index contributed by atoms with van der Waals surface area (Å²) in [5.41, 5.74) is 4.86.